The Morgan fingerprint density at radius 3 is 2.79 bits per heavy atom. The second-order valence-corrected chi connectivity index (χ2v) is 5.14. The first-order valence-corrected chi connectivity index (χ1v) is 6.37. The third-order valence-corrected chi connectivity index (χ3v) is 3.20. The van der Waals surface area contributed by atoms with Crippen molar-refractivity contribution >= 4 is 11.6 Å². The summed E-state index contributed by atoms with van der Waals surface area (Å²) in [6.45, 7) is 3.96. The summed E-state index contributed by atoms with van der Waals surface area (Å²) in [4.78, 5) is 4.24. The first kappa shape index (κ1) is 14.0. The van der Waals surface area contributed by atoms with Crippen LogP contribution in [0.5, 0.6) is 0 Å². The van der Waals surface area contributed by atoms with E-state index in [1.165, 1.54) is 12.1 Å². The topological polar surface area (TPSA) is 64.9 Å². The molecule has 0 bridgehead atoms. The van der Waals surface area contributed by atoms with Gasteiger partial charge in [-0.3, -0.25) is 0 Å². The summed E-state index contributed by atoms with van der Waals surface area (Å²) in [5.74, 6) is 0.731. The third kappa shape index (κ3) is 3.30. The lowest BCUT2D eigenvalue weighted by molar-refractivity contribution is 0.322. The first-order valence-electron chi connectivity index (χ1n) is 5.99. The van der Waals surface area contributed by atoms with Gasteiger partial charge in [0.1, 0.15) is 5.82 Å². The highest BCUT2D eigenvalue weighted by atomic mass is 35.5. The molecule has 0 aliphatic carbocycles. The van der Waals surface area contributed by atoms with Gasteiger partial charge in [-0.15, -0.1) is 0 Å². The molecule has 1 heterocycles. The van der Waals surface area contributed by atoms with Crippen molar-refractivity contribution in [2.45, 2.75) is 26.3 Å². The normalized spacial score (nSPS) is 12.9. The largest absolute Gasteiger partial charge is 0.338 e. The first-order chi connectivity index (χ1) is 8.97. The number of nitrogens with zero attached hydrogens (tertiary/aromatic N) is 2. The number of hydrogen-bond donors (Lipinski definition) is 1. The zero-order chi connectivity index (χ0) is 14.0. The molecule has 1 atom stereocenters. The molecule has 0 fully saturated rings. The van der Waals surface area contributed by atoms with Crippen LogP contribution in [0.15, 0.2) is 22.7 Å². The van der Waals surface area contributed by atoms with E-state index in [0.717, 1.165) is 5.56 Å². The smallest absolute Gasteiger partial charge is 0.243 e. The second-order valence-electron chi connectivity index (χ2n) is 4.73. The van der Waals surface area contributed by atoms with Gasteiger partial charge in [0.05, 0.1) is 6.04 Å². The van der Waals surface area contributed by atoms with Gasteiger partial charge >= 0.3 is 0 Å². The van der Waals surface area contributed by atoms with E-state index in [1.807, 2.05) is 13.8 Å². The number of rotatable bonds is 4. The molecule has 2 rings (SSSR count). The third-order valence-electron chi connectivity index (χ3n) is 2.85. The summed E-state index contributed by atoms with van der Waals surface area (Å²) in [6.07, 6.45) is 0.382. The van der Waals surface area contributed by atoms with E-state index < -0.39 is 0 Å². The molecular formula is C13H15ClFN3O. The van der Waals surface area contributed by atoms with Gasteiger partial charge in [0.25, 0.3) is 0 Å². The molecule has 2 N–H and O–H groups in total. The van der Waals surface area contributed by atoms with Crippen molar-refractivity contribution in [3.63, 3.8) is 0 Å². The van der Waals surface area contributed by atoms with Crippen LogP contribution in [0.2, 0.25) is 5.02 Å². The Kier molecular flexibility index (Phi) is 4.17. The minimum absolute atomic E-state index is 0.211. The molecule has 0 aliphatic heterocycles. The van der Waals surface area contributed by atoms with Crippen molar-refractivity contribution in [2.75, 3.05) is 0 Å². The molecular weight excluding hydrogens is 269 g/mol. The number of benzene rings is 1. The lowest BCUT2D eigenvalue weighted by Crippen LogP contribution is -2.17. The van der Waals surface area contributed by atoms with E-state index in [0.29, 0.717) is 23.2 Å². The number of hydrogen-bond acceptors (Lipinski definition) is 4. The Morgan fingerprint density at radius 1 is 1.42 bits per heavy atom. The molecule has 0 radical (unpaired) electrons. The molecule has 0 saturated carbocycles. The van der Waals surface area contributed by atoms with Crippen LogP contribution in [0, 0.1) is 11.7 Å². The zero-order valence-corrected chi connectivity index (χ0v) is 11.5. The Hall–Kier alpha value is -1.46. The number of halogens is 2. The van der Waals surface area contributed by atoms with Crippen LogP contribution in [0.3, 0.4) is 0 Å². The summed E-state index contributed by atoms with van der Waals surface area (Å²) in [7, 11) is 0. The predicted octanol–water partition coefficient (Wildman–Crippen LogP) is 3.11. The molecule has 19 heavy (non-hydrogen) atoms. The Labute approximate surface area is 115 Å². The Balaban J connectivity index is 2.16. The van der Waals surface area contributed by atoms with Crippen LogP contribution in [0.4, 0.5) is 4.39 Å². The SMILES string of the molecule is CC(C)[C@@H](N)c1nc(Cc2ccc(F)cc2Cl)no1. The van der Waals surface area contributed by atoms with Gasteiger partial charge in [-0.25, -0.2) is 4.39 Å². The molecule has 2 aromatic rings. The molecule has 4 nitrogen and oxygen atoms in total. The van der Waals surface area contributed by atoms with Crippen molar-refractivity contribution in [3.8, 4) is 0 Å². The highest BCUT2D eigenvalue weighted by molar-refractivity contribution is 6.31. The minimum Gasteiger partial charge on any atom is -0.338 e. The lowest BCUT2D eigenvalue weighted by atomic mass is 10.1. The maximum atomic E-state index is 12.9. The van der Waals surface area contributed by atoms with Crippen LogP contribution >= 0.6 is 11.6 Å². The van der Waals surface area contributed by atoms with E-state index in [2.05, 4.69) is 10.1 Å². The quantitative estimate of drug-likeness (QED) is 0.936. The van der Waals surface area contributed by atoms with Crippen LogP contribution in [-0.4, -0.2) is 10.1 Å². The van der Waals surface area contributed by atoms with E-state index in [9.17, 15) is 4.39 Å². The lowest BCUT2D eigenvalue weighted by Gasteiger charge is -2.09. The van der Waals surface area contributed by atoms with E-state index in [1.54, 1.807) is 6.07 Å². The fourth-order valence-electron chi connectivity index (χ4n) is 1.60. The Bertz CT molecular complexity index is 571. The monoisotopic (exact) mass is 283 g/mol. The summed E-state index contributed by atoms with van der Waals surface area (Å²) in [5, 5.41) is 4.21. The van der Waals surface area contributed by atoms with E-state index >= 15 is 0 Å². The number of nitrogens with two attached hydrogens (primary N) is 1. The van der Waals surface area contributed by atoms with Crippen molar-refractivity contribution < 1.29 is 8.91 Å². The van der Waals surface area contributed by atoms with Gasteiger partial charge in [0.2, 0.25) is 5.89 Å². The highest BCUT2D eigenvalue weighted by Gasteiger charge is 2.18. The van der Waals surface area contributed by atoms with Crippen molar-refractivity contribution in [1.82, 2.24) is 10.1 Å². The fraction of sp³-hybridized carbons (Fsp3) is 0.385. The average molecular weight is 284 g/mol. The maximum absolute atomic E-state index is 12.9. The summed E-state index contributed by atoms with van der Waals surface area (Å²) < 4.78 is 18.1. The molecule has 0 unspecified atom stereocenters. The van der Waals surface area contributed by atoms with Gasteiger partial charge in [-0.05, 0) is 23.6 Å². The summed E-state index contributed by atoms with van der Waals surface area (Å²) in [6, 6.07) is 3.93. The molecule has 1 aromatic carbocycles. The number of aromatic nitrogens is 2. The van der Waals surface area contributed by atoms with Gasteiger partial charge < -0.3 is 10.3 Å². The Morgan fingerprint density at radius 2 is 2.16 bits per heavy atom. The van der Waals surface area contributed by atoms with Gasteiger partial charge in [-0.2, -0.15) is 4.98 Å². The summed E-state index contributed by atoms with van der Waals surface area (Å²) in [5.41, 5.74) is 6.67. The van der Waals surface area contributed by atoms with Gasteiger partial charge in [0, 0.05) is 11.4 Å². The van der Waals surface area contributed by atoms with Crippen molar-refractivity contribution in [3.05, 3.63) is 46.3 Å². The van der Waals surface area contributed by atoms with E-state index in [4.69, 9.17) is 21.9 Å². The van der Waals surface area contributed by atoms with Crippen LogP contribution in [-0.2, 0) is 6.42 Å². The molecule has 1 aromatic heterocycles. The maximum Gasteiger partial charge on any atom is 0.243 e. The molecule has 102 valence electrons. The van der Waals surface area contributed by atoms with Crippen LogP contribution in [0.1, 0.15) is 37.2 Å². The van der Waals surface area contributed by atoms with Crippen molar-refractivity contribution in [1.29, 1.82) is 0 Å². The minimum atomic E-state index is -0.371. The van der Waals surface area contributed by atoms with Crippen molar-refractivity contribution in [2.24, 2.45) is 11.7 Å². The average Bonchev–Trinajstić information content (AvgIpc) is 2.80. The fourth-order valence-corrected chi connectivity index (χ4v) is 1.83. The van der Waals surface area contributed by atoms with Crippen LogP contribution in [0.25, 0.3) is 0 Å². The highest BCUT2D eigenvalue weighted by Crippen LogP contribution is 2.21. The van der Waals surface area contributed by atoms with E-state index in [-0.39, 0.29) is 17.8 Å². The molecule has 0 spiro atoms. The van der Waals surface area contributed by atoms with Crippen LogP contribution < -0.4 is 5.73 Å². The molecule has 0 amide bonds. The standard InChI is InChI=1S/C13H15ClFN3O/c1-7(2)12(16)13-17-11(18-19-13)5-8-3-4-9(15)6-10(8)14/h3-4,6-7,12H,5,16H2,1-2H3/t12-/m1/s1. The van der Waals surface area contributed by atoms with Gasteiger partial charge in [-0.1, -0.05) is 36.7 Å². The van der Waals surface area contributed by atoms with Gasteiger partial charge in [0.15, 0.2) is 5.82 Å². The second kappa shape index (κ2) is 5.67. The summed E-state index contributed by atoms with van der Waals surface area (Å²) >= 11 is 5.95. The molecule has 0 aliphatic rings. The molecule has 6 heteroatoms. The molecule has 0 saturated heterocycles. The predicted molar refractivity (Wildman–Crippen MR) is 70.3 cm³/mol. The zero-order valence-electron chi connectivity index (χ0n) is 10.7.